The summed E-state index contributed by atoms with van der Waals surface area (Å²) in [7, 11) is 4.44. The number of fused-ring (bicyclic) bond motifs is 8. The maximum absolute atomic E-state index is 2.43. The minimum Gasteiger partial charge on any atom is -0.344 e. The first-order valence-corrected chi connectivity index (χ1v) is 16.0. The van der Waals surface area contributed by atoms with Crippen LogP contribution in [0.1, 0.15) is 0 Å². The molecule has 10 rings (SSSR count). The van der Waals surface area contributed by atoms with E-state index in [9.17, 15) is 0 Å². The second-order valence-corrected chi connectivity index (χ2v) is 12.7. The Hall–Kier alpha value is -5.86. The van der Waals surface area contributed by atoms with Crippen molar-refractivity contribution < 1.29 is 0 Å². The summed E-state index contributed by atoms with van der Waals surface area (Å²) in [5, 5.41) is 10.4. The monoisotopic (exact) mass is 586 g/mol. The fourth-order valence-corrected chi connectivity index (χ4v) is 8.10. The lowest BCUT2D eigenvalue weighted by molar-refractivity contribution is 1.01. The second kappa shape index (κ2) is 9.32. The van der Waals surface area contributed by atoms with E-state index in [4.69, 9.17) is 0 Å². The number of aryl methyl sites for hydroxylation is 1. The quantitative estimate of drug-likeness (QED) is 0.196. The van der Waals surface area contributed by atoms with Gasteiger partial charge in [0.25, 0.3) is 0 Å². The molecular formula is C44H30N2. The molecule has 1 aliphatic heterocycles. The average Bonchev–Trinajstić information content (AvgIpc) is 3.40. The molecule has 0 saturated carbocycles. The van der Waals surface area contributed by atoms with E-state index in [0.29, 0.717) is 0 Å². The van der Waals surface area contributed by atoms with E-state index in [1.165, 1.54) is 98.9 Å². The SMILES string of the molecule is CN1c2cc(-c3cccc4ccccc34)ccc2-c2cc3c(c4cccc1c24)c1ccc(-c2cccc4ccccc24)cc1n3C. The Labute approximate surface area is 267 Å². The lowest BCUT2D eigenvalue weighted by Crippen LogP contribution is -2.15. The molecule has 0 atom stereocenters. The summed E-state index contributed by atoms with van der Waals surface area (Å²) in [4.78, 5) is 2.38. The normalized spacial score (nSPS) is 12.5. The van der Waals surface area contributed by atoms with Crippen LogP contribution in [0.5, 0.6) is 0 Å². The number of rotatable bonds is 2. The van der Waals surface area contributed by atoms with Crippen LogP contribution in [0.25, 0.3) is 87.5 Å². The van der Waals surface area contributed by atoms with E-state index in [0.717, 1.165) is 0 Å². The van der Waals surface area contributed by atoms with Crippen molar-refractivity contribution in [3.05, 3.63) is 146 Å². The number of anilines is 2. The van der Waals surface area contributed by atoms with Crippen LogP contribution in [-0.4, -0.2) is 11.6 Å². The molecule has 46 heavy (non-hydrogen) atoms. The number of nitrogens with zero attached hydrogens (tertiary/aromatic N) is 2. The van der Waals surface area contributed by atoms with Crippen LogP contribution in [0.15, 0.2) is 146 Å². The van der Waals surface area contributed by atoms with Crippen molar-refractivity contribution >= 4 is 65.5 Å². The minimum absolute atomic E-state index is 1.24. The Kier molecular flexibility index (Phi) is 5.16. The molecule has 0 N–H and O–H groups in total. The number of benzene rings is 8. The zero-order chi connectivity index (χ0) is 30.5. The molecule has 216 valence electrons. The summed E-state index contributed by atoms with van der Waals surface area (Å²) in [6, 6.07) is 53.8. The third kappa shape index (κ3) is 3.41. The highest BCUT2D eigenvalue weighted by molar-refractivity contribution is 6.28. The largest absolute Gasteiger partial charge is 0.344 e. The second-order valence-electron chi connectivity index (χ2n) is 12.7. The maximum atomic E-state index is 2.43. The van der Waals surface area contributed by atoms with Crippen LogP contribution in [0, 0.1) is 0 Å². The highest BCUT2D eigenvalue weighted by atomic mass is 15.1. The van der Waals surface area contributed by atoms with Crippen LogP contribution < -0.4 is 4.90 Å². The lowest BCUT2D eigenvalue weighted by atomic mass is 9.87. The van der Waals surface area contributed by atoms with Crippen molar-refractivity contribution in [1.29, 1.82) is 0 Å². The molecule has 0 unspecified atom stereocenters. The maximum Gasteiger partial charge on any atom is 0.0501 e. The Morgan fingerprint density at radius 3 is 1.72 bits per heavy atom. The highest BCUT2D eigenvalue weighted by Crippen LogP contribution is 2.51. The summed E-state index contributed by atoms with van der Waals surface area (Å²) in [6.07, 6.45) is 0. The summed E-state index contributed by atoms with van der Waals surface area (Å²) >= 11 is 0. The van der Waals surface area contributed by atoms with Gasteiger partial charge < -0.3 is 9.47 Å². The van der Waals surface area contributed by atoms with Gasteiger partial charge in [-0.25, -0.2) is 0 Å². The van der Waals surface area contributed by atoms with Gasteiger partial charge in [-0.05, 0) is 79.0 Å². The highest BCUT2D eigenvalue weighted by Gasteiger charge is 2.26. The number of hydrogen-bond acceptors (Lipinski definition) is 1. The molecule has 9 aromatic rings. The summed E-state index contributed by atoms with van der Waals surface area (Å²) in [5.74, 6) is 0. The lowest BCUT2D eigenvalue weighted by Gasteiger charge is -2.31. The van der Waals surface area contributed by atoms with Crippen molar-refractivity contribution in [2.75, 3.05) is 11.9 Å². The van der Waals surface area contributed by atoms with Gasteiger partial charge in [-0.3, -0.25) is 0 Å². The molecule has 0 saturated heterocycles. The molecule has 0 spiro atoms. The molecule has 2 nitrogen and oxygen atoms in total. The van der Waals surface area contributed by atoms with E-state index >= 15 is 0 Å². The summed E-state index contributed by atoms with van der Waals surface area (Å²) < 4.78 is 2.39. The molecule has 0 radical (unpaired) electrons. The minimum atomic E-state index is 1.24. The van der Waals surface area contributed by atoms with Gasteiger partial charge in [0, 0.05) is 52.7 Å². The smallest absolute Gasteiger partial charge is 0.0501 e. The van der Waals surface area contributed by atoms with Gasteiger partial charge in [-0.15, -0.1) is 0 Å². The number of aromatic nitrogens is 1. The van der Waals surface area contributed by atoms with Gasteiger partial charge in [-0.1, -0.05) is 121 Å². The number of hydrogen-bond donors (Lipinski definition) is 0. The fraction of sp³-hybridized carbons (Fsp3) is 0.0455. The average molecular weight is 587 g/mol. The summed E-state index contributed by atoms with van der Waals surface area (Å²) in [6.45, 7) is 0. The standard InChI is InChI=1S/C44H30N2/c1-45-39-19-9-18-37-43-36-23-21-30(34-17-8-13-28-11-4-6-15-32(28)34)25-41(36)46(2)42(43)26-38(44(37)39)35-22-20-29(24-40(35)45)33-16-7-12-27-10-3-5-14-31(27)33/h3-26H,1-2H3. The zero-order valence-electron chi connectivity index (χ0n) is 25.8. The van der Waals surface area contributed by atoms with Gasteiger partial charge in [0.1, 0.15) is 0 Å². The molecule has 8 aromatic carbocycles. The van der Waals surface area contributed by atoms with E-state index in [1.54, 1.807) is 0 Å². The van der Waals surface area contributed by atoms with Crippen LogP contribution in [-0.2, 0) is 7.05 Å². The Bertz CT molecular complexity index is 2720. The van der Waals surface area contributed by atoms with Gasteiger partial charge in [0.05, 0.1) is 5.52 Å². The first-order valence-electron chi connectivity index (χ1n) is 16.0. The predicted molar refractivity (Wildman–Crippen MR) is 197 cm³/mol. The third-order valence-corrected chi connectivity index (χ3v) is 10.3. The van der Waals surface area contributed by atoms with Gasteiger partial charge in [0.15, 0.2) is 0 Å². The molecule has 1 aliphatic rings. The van der Waals surface area contributed by atoms with Crippen molar-refractivity contribution in [3.63, 3.8) is 0 Å². The Morgan fingerprint density at radius 1 is 0.370 bits per heavy atom. The molecular weight excluding hydrogens is 556 g/mol. The molecule has 2 heterocycles. The molecule has 2 heteroatoms. The third-order valence-electron chi connectivity index (χ3n) is 10.3. The van der Waals surface area contributed by atoms with Crippen molar-refractivity contribution in [1.82, 2.24) is 4.57 Å². The van der Waals surface area contributed by atoms with Crippen molar-refractivity contribution in [3.8, 4) is 33.4 Å². The molecule has 0 fully saturated rings. The van der Waals surface area contributed by atoms with E-state index in [-0.39, 0.29) is 0 Å². The van der Waals surface area contributed by atoms with Gasteiger partial charge >= 0.3 is 0 Å². The first kappa shape index (κ1) is 25.5. The first-order chi connectivity index (χ1) is 22.7. The summed E-state index contributed by atoms with van der Waals surface area (Å²) in [5.41, 5.74) is 12.6. The van der Waals surface area contributed by atoms with E-state index < -0.39 is 0 Å². The predicted octanol–water partition coefficient (Wildman–Crippen LogP) is 11.9. The van der Waals surface area contributed by atoms with Crippen LogP contribution in [0.3, 0.4) is 0 Å². The topological polar surface area (TPSA) is 8.17 Å². The fourth-order valence-electron chi connectivity index (χ4n) is 8.10. The zero-order valence-corrected chi connectivity index (χ0v) is 25.8. The van der Waals surface area contributed by atoms with E-state index in [1.807, 2.05) is 0 Å². The molecule has 0 bridgehead atoms. The van der Waals surface area contributed by atoms with Crippen LogP contribution in [0.4, 0.5) is 11.4 Å². The van der Waals surface area contributed by atoms with Crippen molar-refractivity contribution in [2.45, 2.75) is 0 Å². The Morgan fingerprint density at radius 2 is 0.978 bits per heavy atom. The van der Waals surface area contributed by atoms with Crippen molar-refractivity contribution in [2.24, 2.45) is 7.05 Å². The van der Waals surface area contributed by atoms with E-state index in [2.05, 4.69) is 169 Å². The van der Waals surface area contributed by atoms with Gasteiger partial charge in [-0.2, -0.15) is 0 Å². The van der Waals surface area contributed by atoms with Gasteiger partial charge in [0.2, 0.25) is 0 Å². The molecule has 0 aliphatic carbocycles. The molecule has 1 aromatic heterocycles. The van der Waals surface area contributed by atoms with Crippen LogP contribution in [0.2, 0.25) is 0 Å². The van der Waals surface area contributed by atoms with Crippen LogP contribution >= 0.6 is 0 Å². The molecule has 0 amide bonds. The Balaban J connectivity index is 1.21.